The van der Waals surface area contributed by atoms with Crippen LogP contribution in [-0.4, -0.2) is 20.1 Å². The molecule has 0 saturated carbocycles. The molecule has 0 bridgehead atoms. The van der Waals surface area contributed by atoms with Crippen LogP contribution in [0.3, 0.4) is 0 Å². The number of anilines is 1. The van der Waals surface area contributed by atoms with Gasteiger partial charge in [0.2, 0.25) is 5.95 Å². The molecule has 0 fully saturated rings. The standard InChI is InChI=1S/C13H10N4O2/c14-13-16-11-8(12(19)17-13)5-6-9(15-11)7-3-1-2-4-10(7)18/h1-6,18H,(H3,14,15,16,17,19). The lowest BCUT2D eigenvalue weighted by Crippen LogP contribution is -2.12. The van der Waals surface area contributed by atoms with Crippen LogP contribution in [0.4, 0.5) is 5.95 Å². The molecule has 0 unspecified atom stereocenters. The van der Waals surface area contributed by atoms with E-state index in [9.17, 15) is 9.90 Å². The van der Waals surface area contributed by atoms with Gasteiger partial charge in [-0.25, -0.2) is 4.98 Å². The quantitative estimate of drug-likeness (QED) is 0.606. The Kier molecular flexibility index (Phi) is 2.42. The van der Waals surface area contributed by atoms with Crippen molar-refractivity contribution in [3.8, 4) is 17.0 Å². The minimum Gasteiger partial charge on any atom is -0.507 e. The fourth-order valence-electron chi connectivity index (χ4n) is 1.88. The highest BCUT2D eigenvalue weighted by atomic mass is 16.3. The van der Waals surface area contributed by atoms with Gasteiger partial charge in [-0.2, -0.15) is 4.98 Å². The number of nitrogen functional groups attached to an aromatic ring is 1. The van der Waals surface area contributed by atoms with Gasteiger partial charge < -0.3 is 10.8 Å². The molecule has 0 aliphatic heterocycles. The lowest BCUT2D eigenvalue weighted by atomic mass is 10.1. The van der Waals surface area contributed by atoms with Crippen molar-refractivity contribution in [3.05, 3.63) is 46.8 Å². The number of H-pyrrole nitrogens is 1. The monoisotopic (exact) mass is 254 g/mol. The average Bonchev–Trinajstić information content (AvgIpc) is 2.38. The minimum atomic E-state index is -0.334. The van der Waals surface area contributed by atoms with Crippen LogP contribution >= 0.6 is 0 Å². The fraction of sp³-hybridized carbons (Fsp3) is 0. The van der Waals surface area contributed by atoms with Gasteiger partial charge in [0.15, 0.2) is 5.65 Å². The highest BCUT2D eigenvalue weighted by molar-refractivity contribution is 5.79. The molecule has 6 heteroatoms. The number of nitrogens with two attached hydrogens (primary N) is 1. The molecule has 4 N–H and O–H groups in total. The van der Waals surface area contributed by atoms with E-state index in [1.54, 1.807) is 36.4 Å². The molecule has 6 nitrogen and oxygen atoms in total. The number of hydrogen-bond acceptors (Lipinski definition) is 5. The maximum Gasteiger partial charge on any atom is 0.261 e. The molecule has 3 aromatic rings. The Hall–Kier alpha value is -2.89. The molecule has 0 radical (unpaired) electrons. The molecule has 0 aliphatic carbocycles. The Morgan fingerprint density at radius 2 is 1.89 bits per heavy atom. The number of benzene rings is 1. The number of aromatic amines is 1. The molecule has 0 aliphatic rings. The van der Waals surface area contributed by atoms with Crippen molar-refractivity contribution in [2.75, 3.05) is 5.73 Å². The van der Waals surface area contributed by atoms with Gasteiger partial charge in [0.05, 0.1) is 11.1 Å². The molecule has 2 aromatic heterocycles. The van der Waals surface area contributed by atoms with E-state index in [0.717, 1.165) is 0 Å². The number of phenols is 1. The van der Waals surface area contributed by atoms with Crippen LogP contribution in [0.2, 0.25) is 0 Å². The number of aromatic nitrogens is 3. The SMILES string of the molecule is Nc1nc2nc(-c3ccccc3O)ccc2c(=O)[nH]1. The van der Waals surface area contributed by atoms with E-state index in [1.165, 1.54) is 0 Å². The van der Waals surface area contributed by atoms with E-state index in [1.807, 2.05) is 0 Å². The van der Waals surface area contributed by atoms with Gasteiger partial charge in [0.25, 0.3) is 5.56 Å². The van der Waals surface area contributed by atoms with Gasteiger partial charge in [-0.15, -0.1) is 0 Å². The molecule has 1 aromatic carbocycles. The Bertz CT molecular complexity index is 826. The number of nitrogens with one attached hydrogen (secondary N) is 1. The number of pyridine rings is 1. The fourth-order valence-corrected chi connectivity index (χ4v) is 1.88. The predicted molar refractivity (Wildman–Crippen MR) is 71.7 cm³/mol. The molecule has 0 saturated heterocycles. The summed E-state index contributed by atoms with van der Waals surface area (Å²) in [5.41, 5.74) is 6.51. The third-order valence-electron chi connectivity index (χ3n) is 2.77. The maximum atomic E-state index is 11.6. The third kappa shape index (κ3) is 1.89. The normalized spacial score (nSPS) is 10.7. The van der Waals surface area contributed by atoms with Crippen LogP contribution < -0.4 is 11.3 Å². The van der Waals surface area contributed by atoms with Crippen LogP contribution in [-0.2, 0) is 0 Å². The summed E-state index contributed by atoms with van der Waals surface area (Å²) in [6, 6.07) is 10.1. The van der Waals surface area contributed by atoms with Crippen molar-refractivity contribution in [2.24, 2.45) is 0 Å². The largest absolute Gasteiger partial charge is 0.507 e. The summed E-state index contributed by atoms with van der Waals surface area (Å²) in [4.78, 5) is 22.3. The first-order valence-electron chi connectivity index (χ1n) is 5.60. The second-order valence-electron chi connectivity index (χ2n) is 4.04. The summed E-state index contributed by atoms with van der Waals surface area (Å²) in [6.07, 6.45) is 0. The zero-order chi connectivity index (χ0) is 13.4. The Balaban J connectivity index is 2.28. The van der Waals surface area contributed by atoms with Crippen molar-refractivity contribution >= 4 is 17.0 Å². The van der Waals surface area contributed by atoms with Gasteiger partial charge in [0.1, 0.15) is 5.75 Å². The van der Waals surface area contributed by atoms with Crippen LogP contribution in [0.15, 0.2) is 41.2 Å². The number of rotatable bonds is 1. The van der Waals surface area contributed by atoms with Crippen LogP contribution in [0, 0.1) is 0 Å². The van der Waals surface area contributed by atoms with Gasteiger partial charge >= 0.3 is 0 Å². The van der Waals surface area contributed by atoms with Gasteiger partial charge in [-0.1, -0.05) is 12.1 Å². The number of phenolic OH excluding ortho intramolecular Hbond substituents is 1. The molecular formula is C13H10N4O2. The number of hydrogen-bond donors (Lipinski definition) is 3. The molecule has 0 amide bonds. The smallest absolute Gasteiger partial charge is 0.261 e. The maximum absolute atomic E-state index is 11.6. The molecular weight excluding hydrogens is 244 g/mol. The summed E-state index contributed by atoms with van der Waals surface area (Å²) in [7, 11) is 0. The van der Waals surface area contributed by atoms with E-state index >= 15 is 0 Å². The second-order valence-corrected chi connectivity index (χ2v) is 4.04. The zero-order valence-electron chi connectivity index (χ0n) is 9.79. The van der Waals surface area contributed by atoms with Crippen LogP contribution in [0.5, 0.6) is 5.75 Å². The number of para-hydroxylation sites is 1. The van der Waals surface area contributed by atoms with Crippen molar-refractivity contribution in [2.45, 2.75) is 0 Å². The van der Waals surface area contributed by atoms with Gasteiger partial charge in [0, 0.05) is 5.56 Å². The van der Waals surface area contributed by atoms with E-state index in [0.29, 0.717) is 16.6 Å². The van der Waals surface area contributed by atoms with E-state index < -0.39 is 0 Å². The highest BCUT2D eigenvalue weighted by Gasteiger charge is 2.08. The minimum absolute atomic E-state index is 0.0134. The molecule has 0 spiro atoms. The predicted octanol–water partition coefficient (Wildman–Crippen LogP) is 1.27. The first-order valence-corrected chi connectivity index (χ1v) is 5.60. The van der Waals surface area contributed by atoms with Crippen molar-refractivity contribution in [3.63, 3.8) is 0 Å². The zero-order valence-corrected chi connectivity index (χ0v) is 9.79. The Morgan fingerprint density at radius 3 is 2.68 bits per heavy atom. The Labute approximate surface area is 107 Å². The third-order valence-corrected chi connectivity index (χ3v) is 2.77. The summed E-state index contributed by atoms with van der Waals surface area (Å²) >= 11 is 0. The molecule has 2 heterocycles. The number of fused-ring (bicyclic) bond motifs is 1. The van der Waals surface area contributed by atoms with E-state index in [2.05, 4.69) is 15.0 Å². The van der Waals surface area contributed by atoms with Crippen LogP contribution in [0.25, 0.3) is 22.3 Å². The first-order chi connectivity index (χ1) is 9.15. The van der Waals surface area contributed by atoms with Crippen molar-refractivity contribution < 1.29 is 5.11 Å². The van der Waals surface area contributed by atoms with Crippen molar-refractivity contribution in [1.29, 1.82) is 0 Å². The summed E-state index contributed by atoms with van der Waals surface area (Å²) in [5.74, 6) is 0.131. The highest BCUT2D eigenvalue weighted by Crippen LogP contribution is 2.27. The van der Waals surface area contributed by atoms with Crippen LogP contribution in [0.1, 0.15) is 0 Å². The van der Waals surface area contributed by atoms with Gasteiger partial charge in [-0.05, 0) is 24.3 Å². The second kappa shape index (κ2) is 4.09. The molecule has 94 valence electrons. The first kappa shape index (κ1) is 11.2. The molecule has 3 rings (SSSR count). The van der Waals surface area contributed by atoms with Gasteiger partial charge in [-0.3, -0.25) is 9.78 Å². The topological polar surface area (TPSA) is 105 Å². The van der Waals surface area contributed by atoms with Crippen molar-refractivity contribution in [1.82, 2.24) is 15.0 Å². The molecule has 19 heavy (non-hydrogen) atoms. The summed E-state index contributed by atoms with van der Waals surface area (Å²) in [6.45, 7) is 0. The van der Waals surface area contributed by atoms with E-state index in [4.69, 9.17) is 5.73 Å². The number of nitrogens with zero attached hydrogens (tertiary/aromatic N) is 2. The summed E-state index contributed by atoms with van der Waals surface area (Å²) < 4.78 is 0. The average molecular weight is 254 g/mol. The van der Waals surface area contributed by atoms with E-state index in [-0.39, 0.29) is 22.9 Å². The molecule has 0 atom stereocenters. The lowest BCUT2D eigenvalue weighted by molar-refractivity contribution is 0.477. The Morgan fingerprint density at radius 1 is 1.11 bits per heavy atom. The number of aromatic hydroxyl groups is 1. The lowest BCUT2D eigenvalue weighted by Gasteiger charge is -2.04. The summed E-state index contributed by atoms with van der Waals surface area (Å²) in [5, 5.41) is 10.1.